The van der Waals surface area contributed by atoms with Crippen molar-refractivity contribution in [3.8, 4) is 28.2 Å². The van der Waals surface area contributed by atoms with Crippen LogP contribution in [-0.4, -0.2) is 4.57 Å². The van der Waals surface area contributed by atoms with Gasteiger partial charge in [-0.1, -0.05) is 109 Å². The minimum atomic E-state index is -4.94. The van der Waals surface area contributed by atoms with E-state index in [9.17, 15) is 0 Å². The van der Waals surface area contributed by atoms with Crippen LogP contribution in [0.15, 0.2) is 128 Å². The molecule has 0 aliphatic rings. The predicted octanol–water partition coefficient (Wildman–Crippen LogP) is 1.39. The molecule has 5 rings (SSSR count). The highest BCUT2D eigenvalue weighted by Crippen LogP contribution is 2.32. The number of hydrogen-bond acceptors (Lipinski definition) is 4. The molecule has 0 amide bonds. The van der Waals surface area contributed by atoms with Gasteiger partial charge in [-0.15, -0.1) is 10.2 Å². The zero-order chi connectivity index (χ0) is 24.7. The van der Waals surface area contributed by atoms with Gasteiger partial charge in [-0.05, 0) is 17.7 Å². The van der Waals surface area contributed by atoms with Crippen LogP contribution in [0.3, 0.4) is 0 Å². The molecule has 6 nitrogen and oxygen atoms in total. The lowest BCUT2D eigenvalue weighted by Crippen LogP contribution is -2.68. The summed E-state index contributed by atoms with van der Waals surface area (Å²) in [4.78, 5) is 0. The van der Waals surface area contributed by atoms with E-state index in [0.29, 0.717) is 0 Å². The van der Waals surface area contributed by atoms with E-state index in [0.717, 1.165) is 12.2 Å². The SMILES string of the molecule is [O-][Cl+3]([O-])([O-])[O-].c1ccc(C[n+]2cn(-c3ccccc3)c(-c3ccccc3)c2-c2ccccc2)cc1. The lowest BCUT2D eigenvalue weighted by molar-refractivity contribution is -2.00. The van der Waals surface area contributed by atoms with E-state index in [1.165, 1.54) is 28.1 Å². The van der Waals surface area contributed by atoms with Crippen molar-refractivity contribution < 1.29 is 33.4 Å². The molecule has 0 spiro atoms. The van der Waals surface area contributed by atoms with E-state index in [2.05, 4.69) is 137 Å². The second-order valence-electron chi connectivity index (χ2n) is 7.74. The summed E-state index contributed by atoms with van der Waals surface area (Å²) in [6.45, 7) is 0.810. The van der Waals surface area contributed by atoms with Gasteiger partial charge in [0.2, 0.25) is 6.33 Å². The van der Waals surface area contributed by atoms with Crippen LogP contribution in [0.5, 0.6) is 0 Å². The maximum Gasteiger partial charge on any atom is 0.250 e. The molecule has 176 valence electrons. The molecule has 1 heterocycles. The summed E-state index contributed by atoms with van der Waals surface area (Å²) in [5.41, 5.74) is 7.26. The van der Waals surface area contributed by atoms with Gasteiger partial charge >= 0.3 is 0 Å². The van der Waals surface area contributed by atoms with E-state index in [-0.39, 0.29) is 0 Å². The highest BCUT2D eigenvalue weighted by Gasteiger charge is 2.27. The van der Waals surface area contributed by atoms with E-state index in [4.69, 9.17) is 18.6 Å². The first-order chi connectivity index (χ1) is 16.9. The number of benzene rings is 4. The quantitative estimate of drug-likeness (QED) is 0.350. The van der Waals surface area contributed by atoms with Gasteiger partial charge in [-0.25, -0.2) is 23.2 Å². The van der Waals surface area contributed by atoms with Crippen LogP contribution in [-0.2, 0) is 6.54 Å². The van der Waals surface area contributed by atoms with Gasteiger partial charge in [0, 0.05) is 11.1 Å². The Kier molecular flexibility index (Phi) is 7.72. The van der Waals surface area contributed by atoms with Gasteiger partial charge in [0.25, 0.3) is 0 Å². The number of halogens is 1. The van der Waals surface area contributed by atoms with Gasteiger partial charge in [0.1, 0.15) is 12.2 Å². The molecule has 0 unspecified atom stereocenters. The molecule has 1 aromatic heterocycles. The fourth-order valence-electron chi connectivity index (χ4n) is 3.96. The summed E-state index contributed by atoms with van der Waals surface area (Å²) in [5.74, 6) is 0. The zero-order valence-electron chi connectivity index (χ0n) is 18.7. The van der Waals surface area contributed by atoms with Gasteiger partial charge in [0.05, 0.1) is 0 Å². The Balaban J connectivity index is 0.000000527. The maximum absolute atomic E-state index is 8.49. The number of nitrogens with zero attached hydrogens (tertiary/aromatic N) is 2. The molecule has 0 aliphatic heterocycles. The summed E-state index contributed by atoms with van der Waals surface area (Å²) >= 11 is 0. The molecule has 35 heavy (non-hydrogen) atoms. The molecule has 0 N–H and O–H groups in total. The molecule has 0 bridgehead atoms. The number of hydrogen-bond donors (Lipinski definition) is 0. The second kappa shape index (κ2) is 11.1. The summed E-state index contributed by atoms with van der Waals surface area (Å²) in [5, 5.41) is 0. The van der Waals surface area contributed by atoms with E-state index in [1.807, 2.05) is 0 Å². The topological polar surface area (TPSA) is 101 Å². The van der Waals surface area contributed by atoms with Crippen LogP contribution in [0.25, 0.3) is 28.2 Å². The van der Waals surface area contributed by atoms with Crippen LogP contribution in [0.2, 0.25) is 0 Å². The van der Waals surface area contributed by atoms with E-state index < -0.39 is 10.2 Å². The lowest BCUT2D eigenvalue weighted by Gasteiger charge is -2.17. The third-order valence-corrected chi connectivity index (χ3v) is 5.33. The van der Waals surface area contributed by atoms with Crippen molar-refractivity contribution in [1.29, 1.82) is 0 Å². The highest BCUT2D eigenvalue weighted by molar-refractivity contribution is 5.77. The Morgan fingerprint density at radius 1 is 0.571 bits per heavy atom. The van der Waals surface area contributed by atoms with Crippen molar-refractivity contribution in [3.05, 3.63) is 133 Å². The molecule has 0 atom stereocenters. The first-order valence-electron chi connectivity index (χ1n) is 10.9. The minimum Gasteiger partial charge on any atom is -0.225 e. The molecular formula is C28H23ClN2O4. The largest absolute Gasteiger partial charge is 0.250 e. The van der Waals surface area contributed by atoms with Crippen molar-refractivity contribution in [1.82, 2.24) is 4.57 Å². The Hall–Kier alpha value is -3.78. The maximum atomic E-state index is 8.49. The minimum absolute atomic E-state index is 0.810. The third kappa shape index (κ3) is 6.64. The van der Waals surface area contributed by atoms with Crippen molar-refractivity contribution >= 4 is 0 Å². The molecule has 0 fully saturated rings. The Morgan fingerprint density at radius 2 is 1.00 bits per heavy atom. The van der Waals surface area contributed by atoms with Gasteiger partial charge in [0.15, 0.2) is 11.4 Å². The smallest absolute Gasteiger partial charge is 0.225 e. The molecular weight excluding hydrogens is 464 g/mol. The fraction of sp³-hybridized carbons (Fsp3) is 0.0357. The van der Waals surface area contributed by atoms with Crippen molar-refractivity contribution in [2.24, 2.45) is 0 Å². The van der Waals surface area contributed by atoms with Crippen LogP contribution in [0.4, 0.5) is 0 Å². The summed E-state index contributed by atoms with van der Waals surface area (Å²) in [6, 6.07) is 42.5. The summed E-state index contributed by atoms with van der Waals surface area (Å²) in [6.07, 6.45) is 2.23. The molecule has 0 saturated carbocycles. The molecule has 5 aromatic rings. The van der Waals surface area contributed by atoms with Crippen molar-refractivity contribution in [3.63, 3.8) is 0 Å². The van der Waals surface area contributed by atoms with Crippen LogP contribution >= 0.6 is 0 Å². The Morgan fingerprint density at radius 3 is 1.51 bits per heavy atom. The van der Waals surface area contributed by atoms with Gasteiger partial charge in [-0.3, -0.25) is 0 Å². The summed E-state index contributed by atoms with van der Waals surface area (Å²) in [7, 11) is -4.94. The fourth-order valence-corrected chi connectivity index (χ4v) is 3.96. The molecule has 0 aliphatic carbocycles. The zero-order valence-corrected chi connectivity index (χ0v) is 19.5. The average Bonchev–Trinajstić information content (AvgIpc) is 3.24. The molecule has 0 saturated heterocycles. The lowest BCUT2D eigenvalue weighted by atomic mass is 10.0. The highest BCUT2D eigenvalue weighted by atomic mass is 35.7. The molecule has 0 radical (unpaired) electrons. The van der Waals surface area contributed by atoms with Crippen molar-refractivity contribution in [2.75, 3.05) is 0 Å². The van der Waals surface area contributed by atoms with Crippen LogP contribution in [0.1, 0.15) is 5.56 Å². The van der Waals surface area contributed by atoms with Crippen LogP contribution in [0, 0.1) is 10.2 Å². The number of imidazole rings is 1. The summed E-state index contributed by atoms with van der Waals surface area (Å²) < 4.78 is 38.6. The first kappa shape index (κ1) is 24.3. The predicted molar refractivity (Wildman–Crippen MR) is 122 cm³/mol. The van der Waals surface area contributed by atoms with Crippen molar-refractivity contribution in [2.45, 2.75) is 6.54 Å². The molecule has 7 heteroatoms. The third-order valence-electron chi connectivity index (χ3n) is 5.33. The first-order valence-corrected chi connectivity index (χ1v) is 12.1. The standard InChI is InChI=1S/C28H23N2.ClHO4/c1-5-13-23(14-6-1)21-29-22-30(26-19-11-4-12-20-26)28(25-17-9-3-10-18-25)27(29)24-15-7-2-8-16-24;2-1(3,4)5/h1-20,22H,21H2;(H,2,3,4,5)/q+1;/p-1. The Labute approximate surface area is 206 Å². The number of para-hydroxylation sites is 1. The van der Waals surface area contributed by atoms with E-state index in [1.54, 1.807) is 0 Å². The number of rotatable bonds is 5. The molecule has 4 aromatic carbocycles. The average molecular weight is 487 g/mol. The number of aromatic nitrogens is 2. The van der Waals surface area contributed by atoms with Gasteiger partial charge < -0.3 is 0 Å². The second-order valence-corrected chi connectivity index (χ2v) is 8.50. The normalized spacial score (nSPS) is 11.0. The van der Waals surface area contributed by atoms with E-state index >= 15 is 0 Å². The monoisotopic (exact) mass is 486 g/mol. The Bertz CT molecular complexity index is 1330. The van der Waals surface area contributed by atoms with Gasteiger partial charge in [-0.2, -0.15) is 4.57 Å². The van der Waals surface area contributed by atoms with Crippen LogP contribution < -0.4 is 23.2 Å².